The van der Waals surface area contributed by atoms with Gasteiger partial charge in [0.15, 0.2) is 0 Å². The molecule has 0 saturated heterocycles. The minimum atomic E-state index is 0.204. The van der Waals surface area contributed by atoms with Crippen LogP contribution < -0.4 is 4.74 Å². The summed E-state index contributed by atoms with van der Waals surface area (Å²) in [6.07, 6.45) is 6.39. The summed E-state index contributed by atoms with van der Waals surface area (Å²) >= 11 is 0. The van der Waals surface area contributed by atoms with Crippen LogP contribution in [0.25, 0.3) is 0 Å². The number of nitrogens with zero attached hydrogens (tertiary/aromatic N) is 1. The van der Waals surface area contributed by atoms with Gasteiger partial charge in [-0.2, -0.15) is 0 Å². The van der Waals surface area contributed by atoms with Gasteiger partial charge in [0.2, 0.25) is 0 Å². The number of hydrogen-bond acceptors (Lipinski definition) is 3. The molecule has 0 spiro atoms. The van der Waals surface area contributed by atoms with E-state index in [1.54, 1.807) is 6.07 Å². The molecule has 3 nitrogen and oxygen atoms in total. The van der Waals surface area contributed by atoms with Crippen LogP contribution in [0.4, 0.5) is 0 Å². The average Bonchev–Trinajstić information content (AvgIpc) is 2.17. The van der Waals surface area contributed by atoms with Crippen molar-refractivity contribution in [2.24, 2.45) is 5.16 Å². The minimum absolute atomic E-state index is 0.204. The van der Waals surface area contributed by atoms with Crippen LogP contribution in [0, 0.1) is 19.3 Å². The second-order valence-corrected chi connectivity index (χ2v) is 2.78. The highest BCUT2D eigenvalue weighted by molar-refractivity contribution is 5.83. The number of ether oxygens (including phenoxy) is 1. The predicted molar refractivity (Wildman–Crippen MR) is 54.9 cm³/mol. The molecule has 0 bridgehead atoms. The second-order valence-electron chi connectivity index (χ2n) is 2.78. The van der Waals surface area contributed by atoms with Crippen LogP contribution in [0.5, 0.6) is 5.75 Å². The second kappa shape index (κ2) is 4.93. The van der Waals surface area contributed by atoms with Crippen LogP contribution >= 0.6 is 0 Å². The standard InChI is InChI=1S/C11H11NO2/c1-3-6-14-11-5-4-9(2)7-10(11)8-12-13/h1,4-5,7-8,13H,6H2,2H3/b12-8+. The molecule has 0 amide bonds. The summed E-state index contributed by atoms with van der Waals surface area (Å²) in [5.41, 5.74) is 1.77. The van der Waals surface area contributed by atoms with E-state index < -0.39 is 0 Å². The molecule has 1 N–H and O–H groups in total. The molecule has 0 aliphatic heterocycles. The van der Waals surface area contributed by atoms with Gasteiger partial charge in [-0.25, -0.2) is 0 Å². The Morgan fingerprint density at radius 1 is 1.64 bits per heavy atom. The molecule has 0 saturated carbocycles. The SMILES string of the molecule is C#CCOc1ccc(C)cc1/C=N/O. The molecule has 0 heterocycles. The van der Waals surface area contributed by atoms with Gasteiger partial charge in [-0.3, -0.25) is 0 Å². The van der Waals surface area contributed by atoms with Gasteiger partial charge in [-0.1, -0.05) is 22.7 Å². The molecule has 0 aromatic heterocycles. The molecule has 0 radical (unpaired) electrons. The molecular weight excluding hydrogens is 178 g/mol. The first kappa shape index (κ1) is 10.1. The van der Waals surface area contributed by atoms with E-state index >= 15 is 0 Å². The van der Waals surface area contributed by atoms with E-state index in [0.717, 1.165) is 5.56 Å². The molecular formula is C11H11NO2. The van der Waals surface area contributed by atoms with E-state index in [4.69, 9.17) is 16.4 Å². The van der Waals surface area contributed by atoms with Crippen molar-refractivity contribution in [3.8, 4) is 18.1 Å². The number of terminal acetylenes is 1. The fourth-order valence-electron chi connectivity index (χ4n) is 1.08. The Labute approximate surface area is 83.0 Å². The molecule has 1 rings (SSSR count). The van der Waals surface area contributed by atoms with Gasteiger partial charge < -0.3 is 9.94 Å². The highest BCUT2D eigenvalue weighted by atomic mass is 16.5. The molecule has 0 fully saturated rings. The van der Waals surface area contributed by atoms with Gasteiger partial charge in [-0.15, -0.1) is 6.42 Å². The van der Waals surface area contributed by atoms with Crippen LogP contribution in [-0.4, -0.2) is 18.0 Å². The Morgan fingerprint density at radius 3 is 3.07 bits per heavy atom. The Balaban J connectivity index is 2.97. The molecule has 0 aliphatic carbocycles. The van der Waals surface area contributed by atoms with E-state index in [-0.39, 0.29) is 6.61 Å². The van der Waals surface area contributed by atoms with Crippen molar-refractivity contribution in [3.63, 3.8) is 0 Å². The van der Waals surface area contributed by atoms with Crippen molar-refractivity contribution in [2.75, 3.05) is 6.61 Å². The summed E-state index contributed by atoms with van der Waals surface area (Å²) in [7, 11) is 0. The summed E-state index contributed by atoms with van der Waals surface area (Å²) in [5.74, 6) is 2.99. The van der Waals surface area contributed by atoms with Gasteiger partial charge in [-0.05, 0) is 19.1 Å². The molecule has 0 atom stereocenters. The predicted octanol–water partition coefficient (Wildman–Crippen LogP) is 1.82. The lowest BCUT2D eigenvalue weighted by molar-refractivity contribution is 0.321. The lowest BCUT2D eigenvalue weighted by atomic mass is 10.1. The van der Waals surface area contributed by atoms with Gasteiger partial charge >= 0.3 is 0 Å². The van der Waals surface area contributed by atoms with Crippen molar-refractivity contribution >= 4 is 6.21 Å². The van der Waals surface area contributed by atoms with Crippen molar-refractivity contribution < 1.29 is 9.94 Å². The Kier molecular flexibility index (Phi) is 3.57. The molecule has 0 aliphatic rings. The van der Waals surface area contributed by atoms with Gasteiger partial charge in [0.1, 0.15) is 12.4 Å². The quantitative estimate of drug-likeness (QED) is 0.341. The lowest BCUT2D eigenvalue weighted by Crippen LogP contribution is -1.97. The van der Waals surface area contributed by atoms with E-state index in [1.165, 1.54) is 6.21 Å². The third kappa shape index (κ3) is 2.53. The van der Waals surface area contributed by atoms with Crippen LogP contribution in [0.15, 0.2) is 23.4 Å². The Bertz CT molecular complexity index is 377. The zero-order valence-electron chi connectivity index (χ0n) is 7.90. The maximum atomic E-state index is 8.43. The maximum Gasteiger partial charge on any atom is 0.148 e. The van der Waals surface area contributed by atoms with Crippen LogP contribution in [0.2, 0.25) is 0 Å². The highest BCUT2D eigenvalue weighted by Gasteiger charge is 2.00. The lowest BCUT2D eigenvalue weighted by Gasteiger charge is -2.06. The third-order valence-electron chi connectivity index (χ3n) is 1.67. The van der Waals surface area contributed by atoms with E-state index in [2.05, 4.69) is 11.1 Å². The van der Waals surface area contributed by atoms with Crippen molar-refractivity contribution in [1.29, 1.82) is 0 Å². The molecule has 72 valence electrons. The molecule has 0 unspecified atom stereocenters. The summed E-state index contributed by atoms with van der Waals surface area (Å²) in [6.45, 7) is 2.15. The summed E-state index contributed by atoms with van der Waals surface area (Å²) < 4.78 is 5.26. The largest absolute Gasteiger partial charge is 0.480 e. The third-order valence-corrected chi connectivity index (χ3v) is 1.67. The Morgan fingerprint density at radius 2 is 2.43 bits per heavy atom. The first-order valence-electron chi connectivity index (χ1n) is 4.12. The first-order chi connectivity index (χ1) is 6.77. The monoisotopic (exact) mass is 189 g/mol. The summed E-state index contributed by atoms with van der Waals surface area (Å²) in [4.78, 5) is 0. The van der Waals surface area contributed by atoms with Crippen LogP contribution in [0.3, 0.4) is 0 Å². The Hall–Kier alpha value is -1.95. The average molecular weight is 189 g/mol. The van der Waals surface area contributed by atoms with Crippen molar-refractivity contribution in [2.45, 2.75) is 6.92 Å². The zero-order valence-corrected chi connectivity index (χ0v) is 7.90. The van der Waals surface area contributed by atoms with Gasteiger partial charge in [0.05, 0.1) is 6.21 Å². The fourth-order valence-corrected chi connectivity index (χ4v) is 1.08. The smallest absolute Gasteiger partial charge is 0.148 e. The van der Waals surface area contributed by atoms with Crippen LogP contribution in [0.1, 0.15) is 11.1 Å². The fraction of sp³-hybridized carbons (Fsp3) is 0.182. The summed E-state index contributed by atoms with van der Waals surface area (Å²) in [5, 5.41) is 11.4. The number of hydrogen-bond donors (Lipinski definition) is 1. The topological polar surface area (TPSA) is 41.8 Å². The van der Waals surface area contributed by atoms with E-state index in [0.29, 0.717) is 11.3 Å². The first-order valence-corrected chi connectivity index (χ1v) is 4.12. The number of oxime groups is 1. The minimum Gasteiger partial charge on any atom is -0.480 e. The number of rotatable bonds is 3. The van der Waals surface area contributed by atoms with Crippen LogP contribution in [-0.2, 0) is 0 Å². The van der Waals surface area contributed by atoms with E-state index in [9.17, 15) is 0 Å². The van der Waals surface area contributed by atoms with Crippen molar-refractivity contribution in [3.05, 3.63) is 29.3 Å². The van der Waals surface area contributed by atoms with E-state index in [1.807, 2.05) is 19.1 Å². The zero-order chi connectivity index (χ0) is 10.4. The maximum absolute atomic E-state index is 8.43. The number of aryl methyl sites for hydroxylation is 1. The normalized spacial score (nSPS) is 10.0. The molecule has 1 aromatic rings. The van der Waals surface area contributed by atoms with Gasteiger partial charge in [0.25, 0.3) is 0 Å². The van der Waals surface area contributed by atoms with Crippen molar-refractivity contribution in [1.82, 2.24) is 0 Å². The molecule has 3 heteroatoms. The molecule has 14 heavy (non-hydrogen) atoms. The number of benzene rings is 1. The highest BCUT2D eigenvalue weighted by Crippen LogP contribution is 2.17. The van der Waals surface area contributed by atoms with Gasteiger partial charge in [0, 0.05) is 5.56 Å². The summed E-state index contributed by atoms with van der Waals surface area (Å²) in [6, 6.07) is 5.55. The molecule has 1 aromatic carbocycles.